The van der Waals surface area contributed by atoms with Crippen LogP contribution in [0.5, 0.6) is 0 Å². The zero-order valence-corrected chi connectivity index (χ0v) is 13.9. The minimum Gasteiger partial charge on any atom is -0.457 e. The van der Waals surface area contributed by atoms with Crippen LogP contribution in [-0.2, 0) is 21.9 Å². The van der Waals surface area contributed by atoms with E-state index in [4.69, 9.17) is 4.42 Å². The van der Waals surface area contributed by atoms with Crippen LogP contribution >= 0.6 is 0 Å². The van der Waals surface area contributed by atoms with Gasteiger partial charge in [0, 0.05) is 5.56 Å². The topological polar surface area (TPSA) is 88.4 Å². The zero-order valence-electron chi connectivity index (χ0n) is 13.9. The summed E-state index contributed by atoms with van der Waals surface area (Å²) in [7, 11) is 0. The maximum Gasteiger partial charge on any atom is 0.416 e. The summed E-state index contributed by atoms with van der Waals surface area (Å²) < 4.78 is 82.9. The van der Waals surface area contributed by atoms with Crippen molar-refractivity contribution in [1.29, 1.82) is 0 Å². The summed E-state index contributed by atoms with van der Waals surface area (Å²) in [4.78, 5) is 34.3. The van der Waals surface area contributed by atoms with E-state index >= 15 is 0 Å². The quantitative estimate of drug-likeness (QED) is 0.442. The fraction of sp³-hybridized carbons (Fsp3) is 0.118. The van der Waals surface area contributed by atoms with Gasteiger partial charge in [0.15, 0.2) is 0 Å². The third kappa shape index (κ3) is 4.31. The molecule has 1 saturated heterocycles. The Labute approximate surface area is 157 Å². The van der Waals surface area contributed by atoms with Crippen LogP contribution in [0.3, 0.4) is 0 Å². The summed E-state index contributed by atoms with van der Waals surface area (Å²) in [6.45, 7) is 0. The van der Waals surface area contributed by atoms with E-state index < -0.39 is 52.5 Å². The number of hydrogen-bond acceptors (Lipinski definition) is 4. The summed E-state index contributed by atoms with van der Waals surface area (Å²) in [5, 5.41) is 3.59. The standard InChI is InChI=1S/C17H8F6N2O4/c18-16(19,20)8-3-7(4-9(5-8)17(21,22)23)12-2-1-10(29-12)6-11-13(26)24-15(28)25-14(11)27/h1-6H,(H2,24,25,26,27,28). The molecular weight excluding hydrogens is 410 g/mol. The maximum atomic E-state index is 13.0. The summed E-state index contributed by atoms with van der Waals surface area (Å²) >= 11 is 0. The third-order valence-corrected chi connectivity index (χ3v) is 3.73. The first-order valence-corrected chi connectivity index (χ1v) is 7.62. The third-order valence-electron chi connectivity index (χ3n) is 3.73. The summed E-state index contributed by atoms with van der Waals surface area (Å²) in [5.74, 6) is -2.66. The number of barbiturate groups is 1. The number of carbonyl (C=O) groups excluding carboxylic acids is 3. The lowest BCUT2D eigenvalue weighted by molar-refractivity contribution is -0.143. The number of benzene rings is 1. The molecule has 0 atom stereocenters. The first kappa shape index (κ1) is 20.2. The molecule has 1 aromatic carbocycles. The smallest absolute Gasteiger partial charge is 0.416 e. The van der Waals surface area contributed by atoms with Crippen molar-refractivity contribution in [2.45, 2.75) is 12.4 Å². The first-order chi connectivity index (χ1) is 13.3. The highest BCUT2D eigenvalue weighted by molar-refractivity contribution is 6.31. The van der Waals surface area contributed by atoms with Crippen molar-refractivity contribution >= 4 is 23.9 Å². The van der Waals surface area contributed by atoms with Gasteiger partial charge in [-0.15, -0.1) is 0 Å². The Hall–Kier alpha value is -3.57. The molecule has 2 aromatic rings. The highest BCUT2D eigenvalue weighted by atomic mass is 19.4. The van der Waals surface area contributed by atoms with Crippen LogP contribution in [0, 0.1) is 0 Å². The van der Waals surface area contributed by atoms with Crippen molar-refractivity contribution in [2.75, 3.05) is 0 Å². The van der Waals surface area contributed by atoms with Gasteiger partial charge in [0.05, 0.1) is 11.1 Å². The maximum absolute atomic E-state index is 13.0. The molecule has 0 saturated carbocycles. The molecule has 2 N–H and O–H groups in total. The van der Waals surface area contributed by atoms with Gasteiger partial charge < -0.3 is 4.42 Å². The molecule has 6 nitrogen and oxygen atoms in total. The van der Waals surface area contributed by atoms with Crippen LogP contribution in [-0.4, -0.2) is 17.8 Å². The lowest BCUT2D eigenvalue weighted by atomic mass is 10.0. The number of halogens is 6. The van der Waals surface area contributed by atoms with Gasteiger partial charge in [0.25, 0.3) is 11.8 Å². The number of amides is 4. The minimum atomic E-state index is -5.03. The van der Waals surface area contributed by atoms with Crippen LogP contribution in [0.1, 0.15) is 16.9 Å². The van der Waals surface area contributed by atoms with Crippen molar-refractivity contribution < 1.29 is 45.1 Å². The number of rotatable bonds is 2. The van der Waals surface area contributed by atoms with Gasteiger partial charge >= 0.3 is 18.4 Å². The largest absolute Gasteiger partial charge is 0.457 e. The Morgan fingerprint density at radius 1 is 0.793 bits per heavy atom. The Kier molecular flexibility index (Phi) is 4.73. The van der Waals surface area contributed by atoms with Crippen molar-refractivity contribution in [3.05, 3.63) is 52.8 Å². The van der Waals surface area contributed by atoms with E-state index in [9.17, 15) is 40.7 Å². The van der Waals surface area contributed by atoms with Crippen molar-refractivity contribution in [3.8, 4) is 11.3 Å². The van der Waals surface area contributed by atoms with Crippen molar-refractivity contribution in [2.24, 2.45) is 0 Å². The van der Waals surface area contributed by atoms with E-state index in [1.165, 1.54) is 0 Å². The molecule has 1 aliphatic rings. The van der Waals surface area contributed by atoms with Crippen LogP contribution in [0.15, 0.2) is 40.3 Å². The lowest BCUT2D eigenvalue weighted by Gasteiger charge is -2.13. The number of urea groups is 1. The molecule has 1 aromatic heterocycles. The second-order valence-electron chi connectivity index (χ2n) is 5.79. The summed E-state index contributed by atoms with van der Waals surface area (Å²) in [5.41, 5.74) is -4.10. The molecule has 2 heterocycles. The number of carbonyl (C=O) groups is 3. The summed E-state index contributed by atoms with van der Waals surface area (Å²) in [6.07, 6.45) is -9.17. The van der Waals surface area contributed by atoms with Gasteiger partial charge in [0.2, 0.25) is 0 Å². The molecule has 0 radical (unpaired) electrons. The second-order valence-corrected chi connectivity index (χ2v) is 5.79. The molecule has 12 heteroatoms. The molecular formula is C17H8F6N2O4. The molecule has 1 aliphatic heterocycles. The first-order valence-electron chi connectivity index (χ1n) is 7.62. The molecule has 0 spiro atoms. The molecule has 0 unspecified atom stereocenters. The van der Waals surface area contributed by atoms with Gasteiger partial charge in [-0.1, -0.05) is 0 Å². The molecule has 152 valence electrons. The van der Waals surface area contributed by atoms with Crippen molar-refractivity contribution in [1.82, 2.24) is 10.6 Å². The van der Waals surface area contributed by atoms with Crippen LogP contribution in [0.25, 0.3) is 17.4 Å². The molecule has 29 heavy (non-hydrogen) atoms. The van der Waals surface area contributed by atoms with Gasteiger partial charge in [-0.2, -0.15) is 26.3 Å². The molecule has 0 bridgehead atoms. The number of nitrogens with one attached hydrogen (secondary N) is 2. The lowest BCUT2D eigenvalue weighted by Crippen LogP contribution is -2.51. The van der Waals surface area contributed by atoms with Crippen molar-refractivity contribution in [3.63, 3.8) is 0 Å². The van der Waals surface area contributed by atoms with E-state index in [-0.39, 0.29) is 17.6 Å². The van der Waals surface area contributed by atoms with E-state index in [2.05, 4.69) is 0 Å². The van der Waals surface area contributed by atoms with Gasteiger partial charge in [-0.25, -0.2) is 4.79 Å². The SMILES string of the molecule is O=C1NC(=O)C(=Cc2ccc(-c3cc(C(F)(F)F)cc(C(F)(F)F)c3)o2)C(=O)N1. The number of imide groups is 2. The molecule has 3 rings (SSSR count). The zero-order chi connectivity index (χ0) is 21.6. The van der Waals surface area contributed by atoms with E-state index in [1.807, 2.05) is 0 Å². The molecule has 0 aliphatic carbocycles. The molecule has 4 amide bonds. The van der Waals surface area contributed by atoms with Crippen LogP contribution in [0.4, 0.5) is 31.1 Å². The Bertz CT molecular complexity index is 995. The number of hydrogen-bond donors (Lipinski definition) is 2. The van der Waals surface area contributed by atoms with Gasteiger partial charge in [0.1, 0.15) is 17.1 Å². The highest BCUT2D eigenvalue weighted by Gasteiger charge is 2.37. The fourth-order valence-electron chi connectivity index (χ4n) is 2.43. The number of furan rings is 1. The van der Waals surface area contributed by atoms with Gasteiger partial charge in [-0.3, -0.25) is 20.2 Å². The van der Waals surface area contributed by atoms with Crippen LogP contribution < -0.4 is 10.6 Å². The van der Waals surface area contributed by atoms with Gasteiger partial charge in [-0.05, 0) is 36.4 Å². The Morgan fingerprint density at radius 3 is 1.79 bits per heavy atom. The Morgan fingerprint density at radius 2 is 1.31 bits per heavy atom. The average molecular weight is 418 g/mol. The molecule has 1 fully saturated rings. The highest BCUT2D eigenvalue weighted by Crippen LogP contribution is 2.39. The van der Waals surface area contributed by atoms with Crippen LogP contribution in [0.2, 0.25) is 0 Å². The monoisotopic (exact) mass is 418 g/mol. The average Bonchev–Trinajstić information content (AvgIpc) is 3.05. The predicted molar refractivity (Wildman–Crippen MR) is 83.8 cm³/mol. The number of alkyl halides is 6. The van der Waals surface area contributed by atoms with E-state index in [0.29, 0.717) is 12.1 Å². The normalized spacial score (nSPS) is 15.2. The van der Waals surface area contributed by atoms with E-state index in [1.54, 1.807) is 10.6 Å². The predicted octanol–water partition coefficient (Wildman–Crippen LogP) is 3.73. The summed E-state index contributed by atoms with van der Waals surface area (Å²) in [6, 6.07) is 2.09. The van der Waals surface area contributed by atoms with E-state index in [0.717, 1.165) is 18.2 Å². The minimum absolute atomic E-state index is 0.0248. The Balaban J connectivity index is 2.02. The second kappa shape index (κ2) is 6.79. The fourth-order valence-corrected chi connectivity index (χ4v) is 2.43.